The number of nitrogens with one attached hydrogen (secondary N) is 1. The number of nitrogen functional groups attached to an aromatic ring is 1. The fourth-order valence-corrected chi connectivity index (χ4v) is 2.14. The fourth-order valence-electron chi connectivity index (χ4n) is 1.95. The minimum absolute atomic E-state index is 0.198. The van der Waals surface area contributed by atoms with Crippen molar-refractivity contribution in [2.24, 2.45) is 5.92 Å². The number of pyridine rings is 1. The number of nitrogens with two attached hydrogens (primary N) is 1. The number of hydrogen-bond donors (Lipinski definition) is 2. The Morgan fingerprint density at radius 1 is 1.61 bits per heavy atom. The second-order valence-electron chi connectivity index (χ2n) is 4.82. The summed E-state index contributed by atoms with van der Waals surface area (Å²) in [4.78, 5) is 16.1. The Kier molecular flexibility index (Phi) is 4.07. The molecule has 1 unspecified atom stereocenters. The Labute approximate surface area is 112 Å². The maximum atomic E-state index is 12.1. The largest absolute Gasteiger partial charge is 0.384 e. The first-order chi connectivity index (χ1) is 8.60. The third-order valence-corrected chi connectivity index (χ3v) is 3.53. The summed E-state index contributed by atoms with van der Waals surface area (Å²) in [7, 11) is 0. The normalized spacial score (nSPS) is 16.3. The number of aromatic nitrogens is 1. The van der Waals surface area contributed by atoms with Crippen LogP contribution in [0.15, 0.2) is 12.1 Å². The number of amides is 1. The number of carbonyl (C=O) groups excluding carboxylic acids is 1. The van der Waals surface area contributed by atoms with Gasteiger partial charge in [-0.2, -0.15) is 0 Å². The number of nitrogens with zero attached hydrogens (tertiary/aromatic N) is 1. The molecule has 1 aromatic heterocycles. The Bertz CT molecular complexity index is 446. The van der Waals surface area contributed by atoms with Gasteiger partial charge in [0.25, 0.3) is 5.91 Å². The number of hydrogen-bond acceptors (Lipinski definition) is 3. The molecule has 4 nitrogen and oxygen atoms in total. The zero-order chi connectivity index (χ0) is 13.1. The van der Waals surface area contributed by atoms with E-state index in [9.17, 15) is 4.79 Å². The van der Waals surface area contributed by atoms with Crippen molar-refractivity contribution in [1.82, 2.24) is 10.3 Å². The van der Waals surface area contributed by atoms with Crippen LogP contribution in [0.4, 0.5) is 5.82 Å². The predicted molar refractivity (Wildman–Crippen MR) is 72.5 cm³/mol. The highest BCUT2D eigenvalue weighted by atomic mass is 35.5. The van der Waals surface area contributed by atoms with E-state index in [1.165, 1.54) is 12.8 Å². The van der Waals surface area contributed by atoms with E-state index >= 15 is 0 Å². The van der Waals surface area contributed by atoms with Crippen LogP contribution in [0.1, 0.15) is 43.1 Å². The Hall–Kier alpha value is -1.29. The first kappa shape index (κ1) is 13.1. The molecule has 98 valence electrons. The van der Waals surface area contributed by atoms with Crippen molar-refractivity contribution in [2.45, 2.75) is 38.6 Å². The van der Waals surface area contributed by atoms with E-state index in [0.717, 1.165) is 18.8 Å². The predicted octanol–water partition coefficient (Wildman–Crippen LogP) is 2.63. The van der Waals surface area contributed by atoms with Gasteiger partial charge in [0.2, 0.25) is 0 Å². The Balaban J connectivity index is 2.02. The summed E-state index contributed by atoms with van der Waals surface area (Å²) in [5.74, 6) is 0.846. The molecule has 1 saturated carbocycles. The minimum atomic E-state index is -0.236. The van der Waals surface area contributed by atoms with E-state index < -0.39 is 0 Å². The van der Waals surface area contributed by atoms with Gasteiger partial charge in [-0.1, -0.05) is 31.4 Å². The first-order valence-electron chi connectivity index (χ1n) is 6.33. The van der Waals surface area contributed by atoms with Crippen molar-refractivity contribution in [2.75, 3.05) is 5.73 Å². The molecule has 0 spiro atoms. The van der Waals surface area contributed by atoms with E-state index in [-0.39, 0.29) is 17.6 Å². The van der Waals surface area contributed by atoms with Gasteiger partial charge in [-0.15, -0.1) is 0 Å². The maximum absolute atomic E-state index is 12.1. The molecule has 3 N–H and O–H groups in total. The summed E-state index contributed by atoms with van der Waals surface area (Å²) in [5, 5.41) is 3.32. The molecule has 0 aliphatic heterocycles. The quantitative estimate of drug-likeness (QED) is 0.862. The van der Waals surface area contributed by atoms with Crippen LogP contribution in [0.2, 0.25) is 5.02 Å². The van der Waals surface area contributed by atoms with E-state index in [1.54, 1.807) is 12.1 Å². The van der Waals surface area contributed by atoms with Crippen LogP contribution in [0.25, 0.3) is 0 Å². The molecule has 1 amide bonds. The van der Waals surface area contributed by atoms with Gasteiger partial charge in [0.05, 0.1) is 5.02 Å². The van der Waals surface area contributed by atoms with E-state index in [0.29, 0.717) is 10.8 Å². The van der Waals surface area contributed by atoms with Gasteiger partial charge in [-0.3, -0.25) is 4.79 Å². The fraction of sp³-hybridized carbons (Fsp3) is 0.538. The molecule has 1 aliphatic rings. The number of carbonyl (C=O) groups is 1. The van der Waals surface area contributed by atoms with Crippen molar-refractivity contribution in [1.29, 1.82) is 0 Å². The summed E-state index contributed by atoms with van der Waals surface area (Å²) in [6, 6.07) is 3.38. The molecule has 1 heterocycles. The van der Waals surface area contributed by atoms with Gasteiger partial charge in [0.15, 0.2) is 0 Å². The highest BCUT2D eigenvalue weighted by Crippen LogP contribution is 2.34. The SMILES string of the molecule is CCC(CC1CC1)NC(=O)c1nc(N)ccc1Cl. The van der Waals surface area contributed by atoms with Crippen molar-refractivity contribution >= 4 is 23.3 Å². The van der Waals surface area contributed by atoms with Crippen LogP contribution in [0, 0.1) is 5.92 Å². The van der Waals surface area contributed by atoms with E-state index in [1.807, 2.05) is 0 Å². The number of halogens is 1. The van der Waals surface area contributed by atoms with Crippen LogP contribution in [0.5, 0.6) is 0 Å². The van der Waals surface area contributed by atoms with Crippen LogP contribution in [-0.2, 0) is 0 Å². The smallest absolute Gasteiger partial charge is 0.271 e. The topological polar surface area (TPSA) is 68.0 Å². The van der Waals surface area contributed by atoms with Crippen LogP contribution >= 0.6 is 11.6 Å². The monoisotopic (exact) mass is 267 g/mol. The lowest BCUT2D eigenvalue weighted by Gasteiger charge is -2.16. The zero-order valence-corrected chi connectivity index (χ0v) is 11.2. The molecule has 2 rings (SSSR count). The Morgan fingerprint density at radius 2 is 2.33 bits per heavy atom. The van der Waals surface area contributed by atoms with Crippen molar-refractivity contribution in [3.63, 3.8) is 0 Å². The zero-order valence-electron chi connectivity index (χ0n) is 10.4. The first-order valence-corrected chi connectivity index (χ1v) is 6.70. The molecule has 0 radical (unpaired) electrons. The minimum Gasteiger partial charge on any atom is -0.384 e. The molecule has 18 heavy (non-hydrogen) atoms. The average Bonchev–Trinajstić information content (AvgIpc) is 3.15. The van der Waals surface area contributed by atoms with Crippen LogP contribution < -0.4 is 11.1 Å². The number of anilines is 1. The van der Waals surface area contributed by atoms with Crippen molar-refractivity contribution in [3.05, 3.63) is 22.8 Å². The second kappa shape index (κ2) is 5.57. The highest BCUT2D eigenvalue weighted by Gasteiger charge is 2.26. The number of rotatable bonds is 5. The van der Waals surface area contributed by atoms with Crippen LogP contribution in [0.3, 0.4) is 0 Å². The molecule has 0 aromatic carbocycles. The molecule has 1 aromatic rings. The third-order valence-electron chi connectivity index (χ3n) is 3.23. The summed E-state index contributed by atoms with van der Waals surface area (Å²) < 4.78 is 0. The van der Waals surface area contributed by atoms with Gasteiger partial charge >= 0.3 is 0 Å². The molecule has 0 saturated heterocycles. The molecule has 0 bridgehead atoms. The summed E-state index contributed by atoms with van der Waals surface area (Å²) in [6.07, 6.45) is 4.53. The molecule has 1 atom stereocenters. The van der Waals surface area contributed by atoms with Gasteiger partial charge < -0.3 is 11.1 Å². The van der Waals surface area contributed by atoms with Gasteiger partial charge in [0, 0.05) is 6.04 Å². The van der Waals surface area contributed by atoms with Gasteiger partial charge in [-0.25, -0.2) is 4.98 Å². The molecule has 1 aliphatic carbocycles. The lowest BCUT2D eigenvalue weighted by molar-refractivity contribution is 0.0928. The lowest BCUT2D eigenvalue weighted by Crippen LogP contribution is -2.35. The average molecular weight is 268 g/mol. The molecular formula is C13H18ClN3O. The maximum Gasteiger partial charge on any atom is 0.271 e. The van der Waals surface area contributed by atoms with Gasteiger partial charge in [0.1, 0.15) is 11.5 Å². The van der Waals surface area contributed by atoms with Crippen molar-refractivity contribution in [3.8, 4) is 0 Å². The van der Waals surface area contributed by atoms with Crippen molar-refractivity contribution < 1.29 is 4.79 Å². The Morgan fingerprint density at radius 3 is 2.94 bits per heavy atom. The molecule has 1 fully saturated rings. The van der Waals surface area contributed by atoms with Gasteiger partial charge in [-0.05, 0) is 30.9 Å². The highest BCUT2D eigenvalue weighted by molar-refractivity contribution is 6.33. The molecule has 5 heteroatoms. The molecular weight excluding hydrogens is 250 g/mol. The summed E-state index contributed by atoms with van der Waals surface area (Å²) in [5.41, 5.74) is 5.78. The summed E-state index contributed by atoms with van der Waals surface area (Å²) in [6.45, 7) is 2.07. The van der Waals surface area contributed by atoms with Crippen LogP contribution in [-0.4, -0.2) is 16.9 Å². The standard InChI is InChI=1S/C13H18ClN3O/c1-2-9(7-8-3-4-8)16-13(18)12-10(14)5-6-11(15)17-12/h5-6,8-9H,2-4,7H2,1H3,(H2,15,17)(H,16,18). The third kappa shape index (κ3) is 3.35. The van der Waals surface area contributed by atoms with E-state index in [4.69, 9.17) is 17.3 Å². The lowest BCUT2D eigenvalue weighted by atomic mass is 10.1. The van der Waals surface area contributed by atoms with E-state index in [2.05, 4.69) is 17.2 Å². The summed E-state index contributed by atoms with van der Waals surface area (Å²) >= 11 is 5.96. The second-order valence-corrected chi connectivity index (χ2v) is 5.23.